The van der Waals surface area contributed by atoms with Gasteiger partial charge in [0.15, 0.2) is 5.16 Å². The molecule has 0 aliphatic heterocycles. The van der Waals surface area contributed by atoms with Crippen molar-refractivity contribution in [2.45, 2.75) is 11.8 Å². The zero-order chi connectivity index (χ0) is 20.8. The van der Waals surface area contributed by atoms with Crippen LogP contribution in [0.4, 0.5) is 0 Å². The summed E-state index contributed by atoms with van der Waals surface area (Å²) in [5.74, 6) is 1.30. The summed E-state index contributed by atoms with van der Waals surface area (Å²) in [6, 6.07) is 19.1. The van der Waals surface area contributed by atoms with E-state index in [1.54, 1.807) is 42.4 Å². The summed E-state index contributed by atoms with van der Waals surface area (Å²) in [5, 5.41) is 12.7. The van der Waals surface area contributed by atoms with Crippen LogP contribution in [0.5, 0.6) is 5.75 Å². The van der Waals surface area contributed by atoms with Crippen LogP contribution in [0.3, 0.4) is 0 Å². The number of para-hydroxylation sites is 1. The zero-order valence-corrected chi connectivity index (χ0v) is 17.3. The Kier molecular flexibility index (Phi) is 6.24. The number of hydrogen-bond acceptors (Lipinski definition) is 6. The number of thioether (sulfide) groups is 1. The van der Waals surface area contributed by atoms with E-state index >= 15 is 0 Å². The van der Waals surface area contributed by atoms with Gasteiger partial charge in [-0.05, 0) is 36.4 Å². The Morgan fingerprint density at radius 3 is 2.73 bits per heavy atom. The molecule has 0 bridgehead atoms. The number of pyridine rings is 1. The quantitative estimate of drug-likeness (QED) is 0.348. The van der Waals surface area contributed by atoms with E-state index in [1.165, 1.54) is 0 Å². The lowest BCUT2D eigenvalue weighted by Crippen LogP contribution is -2.25. The molecule has 1 N–H and O–H groups in total. The van der Waals surface area contributed by atoms with Crippen LogP contribution in [0.15, 0.2) is 72.1 Å². The molecule has 4 rings (SSSR count). The monoisotopic (exact) mass is 419 g/mol. The van der Waals surface area contributed by atoms with Gasteiger partial charge in [0.05, 0.1) is 11.2 Å². The molecule has 0 unspecified atom stereocenters. The minimum atomic E-state index is -0.115. The predicted molar refractivity (Wildman–Crippen MR) is 117 cm³/mol. The average molecular weight is 420 g/mol. The Balaban J connectivity index is 1.25. The van der Waals surface area contributed by atoms with Crippen molar-refractivity contribution >= 4 is 28.6 Å². The van der Waals surface area contributed by atoms with E-state index in [1.807, 2.05) is 48.0 Å². The van der Waals surface area contributed by atoms with Gasteiger partial charge in [0.25, 0.3) is 5.91 Å². The van der Waals surface area contributed by atoms with Crippen LogP contribution in [0.1, 0.15) is 16.1 Å². The molecule has 7 nitrogen and oxygen atoms in total. The molecule has 2 aromatic carbocycles. The molecular formula is C22H21N5O2S. The first-order valence-corrected chi connectivity index (χ1v) is 10.5. The number of nitrogens with zero attached hydrogens (tertiary/aromatic N) is 4. The molecule has 0 spiro atoms. The normalized spacial score (nSPS) is 10.8. The van der Waals surface area contributed by atoms with E-state index in [2.05, 4.69) is 20.5 Å². The molecule has 0 saturated carbocycles. The molecule has 8 heteroatoms. The maximum absolute atomic E-state index is 12.3. The maximum Gasteiger partial charge on any atom is 0.251 e. The van der Waals surface area contributed by atoms with E-state index in [-0.39, 0.29) is 5.91 Å². The van der Waals surface area contributed by atoms with E-state index < -0.39 is 0 Å². The van der Waals surface area contributed by atoms with Crippen LogP contribution < -0.4 is 10.1 Å². The summed E-state index contributed by atoms with van der Waals surface area (Å²) < 4.78 is 7.66. The number of rotatable bonds is 8. The molecule has 30 heavy (non-hydrogen) atoms. The fourth-order valence-corrected chi connectivity index (χ4v) is 3.60. The number of hydrogen-bond donors (Lipinski definition) is 1. The number of aryl methyl sites for hydroxylation is 1. The van der Waals surface area contributed by atoms with E-state index in [4.69, 9.17) is 4.74 Å². The molecule has 152 valence electrons. The number of carbonyl (C=O) groups is 1. The number of aromatic nitrogens is 4. The molecule has 0 atom stereocenters. The Morgan fingerprint density at radius 2 is 1.93 bits per heavy atom. The summed E-state index contributed by atoms with van der Waals surface area (Å²) in [7, 11) is 1.89. The van der Waals surface area contributed by atoms with Crippen LogP contribution in [0.25, 0.3) is 10.9 Å². The summed E-state index contributed by atoms with van der Waals surface area (Å²) in [6.07, 6.45) is 1.65. The fraction of sp³-hybridized carbons (Fsp3) is 0.182. The first-order valence-electron chi connectivity index (χ1n) is 9.51. The largest absolute Gasteiger partial charge is 0.487 e. The van der Waals surface area contributed by atoms with Crippen LogP contribution in [0.2, 0.25) is 0 Å². The van der Waals surface area contributed by atoms with Gasteiger partial charge in [-0.15, -0.1) is 10.2 Å². The lowest BCUT2D eigenvalue weighted by Gasteiger charge is -2.08. The van der Waals surface area contributed by atoms with Crippen molar-refractivity contribution < 1.29 is 9.53 Å². The summed E-state index contributed by atoms with van der Waals surface area (Å²) >= 11 is 1.55. The maximum atomic E-state index is 12.3. The SMILES string of the molecule is Cn1cnnc1SCCNC(=O)c1ccc(OCc2ccc3ccccc3n2)cc1. The second-order valence-corrected chi connectivity index (χ2v) is 7.70. The van der Waals surface area contributed by atoms with Crippen molar-refractivity contribution in [3.05, 3.63) is 78.2 Å². The average Bonchev–Trinajstić information content (AvgIpc) is 3.20. The smallest absolute Gasteiger partial charge is 0.251 e. The van der Waals surface area contributed by atoms with Crippen molar-refractivity contribution in [3.63, 3.8) is 0 Å². The van der Waals surface area contributed by atoms with Crippen LogP contribution in [-0.4, -0.2) is 38.0 Å². The first kappa shape index (κ1) is 19.9. The second-order valence-electron chi connectivity index (χ2n) is 6.64. The Hall–Kier alpha value is -3.39. The second kappa shape index (κ2) is 9.41. The highest BCUT2D eigenvalue weighted by molar-refractivity contribution is 7.99. The van der Waals surface area contributed by atoms with E-state index in [0.29, 0.717) is 24.5 Å². The van der Waals surface area contributed by atoms with Crippen molar-refractivity contribution in [3.8, 4) is 5.75 Å². The van der Waals surface area contributed by atoms with E-state index in [0.717, 1.165) is 27.5 Å². The Bertz CT molecular complexity index is 1140. The lowest BCUT2D eigenvalue weighted by atomic mass is 10.2. The zero-order valence-electron chi connectivity index (χ0n) is 16.5. The number of carbonyl (C=O) groups excluding carboxylic acids is 1. The third-order valence-electron chi connectivity index (χ3n) is 4.45. The van der Waals surface area contributed by atoms with Crippen LogP contribution >= 0.6 is 11.8 Å². The molecule has 2 heterocycles. The molecular weight excluding hydrogens is 398 g/mol. The fourth-order valence-electron chi connectivity index (χ4n) is 2.86. The molecule has 0 saturated heterocycles. The summed E-state index contributed by atoms with van der Waals surface area (Å²) in [4.78, 5) is 16.9. The predicted octanol–water partition coefficient (Wildman–Crippen LogP) is 3.46. The number of nitrogens with one attached hydrogen (secondary N) is 1. The van der Waals surface area contributed by atoms with Gasteiger partial charge >= 0.3 is 0 Å². The summed E-state index contributed by atoms with van der Waals surface area (Å²) in [5.41, 5.74) is 2.40. The van der Waals surface area contributed by atoms with Gasteiger partial charge in [-0.25, -0.2) is 4.98 Å². The van der Waals surface area contributed by atoms with E-state index in [9.17, 15) is 4.79 Å². The van der Waals surface area contributed by atoms with Crippen LogP contribution in [-0.2, 0) is 13.7 Å². The van der Waals surface area contributed by atoms with Crippen LogP contribution in [0, 0.1) is 0 Å². The highest BCUT2D eigenvalue weighted by Gasteiger charge is 2.07. The topological polar surface area (TPSA) is 81.9 Å². The van der Waals surface area contributed by atoms with Gasteiger partial charge in [-0.1, -0.05) is 36.0 Å². The standard InChI is InChI=1S/C22H21N5O2S/c1-27-15-24-26-22(27)30-13-12-23-21(28)17-7-10-19(11-8-17)29-14-18-9-6-16-4-2-3-5-20(16)25-18/h2-11,15H,12-14H2,1H3,(H,23,28). The van der Waals surface area contributed by atoms with Crippen molar-refractivity contribution in [2.75, 3.05) is 12.3 Å². The minimum Gasteiger partial charge on any atom is -0.487 e. The number of fused-ring (bicyclic) bond motifs is 1. The van der Waals surface area contributed by atoms with Crippen molar-refractivity contribution in [2.24, 2.45) is 7.05 Å². The summed E-state index contributed by atoms with van der Waals surface area (Å²) in [6.45, 7) is 0.915. The third-order valence-corrected chi connectivity index (χ3v) is 5.48. The third kappa shape index (κ3) is 4.96. The molecule has 0 aliphatic carbocycles. The molecule has 2 aromatic heterocycles. The molecule has 0 aliphatic rings. The number of benzene rings is 2. The molecule has 0 radical (unpaired) electrons. The first-order chi connectivity index (χ1) is 14.7. The van der Waals surface area contributed by atoms with Crippen molar-refractivity contribution in [1.29, 1.82) is 0 Å². The van der Waals surface area contributed by atoms with Gasteiger partial charge in [-0.2, -0.15) is 0 Å². The van der Waals surface area contributed by atoms with Gasteiger partial charge < -0.3 is 14.6 Å². The molecule has 1 amide bonds. The Labute approximate surface area is 178 Å². The number of amides is 1. The highest BCUT2D eigenvalue weighted by Crippen LogP contribution is 2.16. The molecule has 0 fully saturated rings. The van der Waals surface area contributed by atoms with Gasteiger partial charge in [0.2, 0.25) is 0 Å². The minimum absolute atomic E-state index is 0.115. The number of ether oxygens (including phenoxy) is 1. The molecule has 4 aromatic rings. The lowest BCUT2D eigenvalue weighted by molar-refractivity contribution is 0.0956. The highest BCUT2D eigenvalue weighted by atomic mass is 32.2. The van der Waals surface area contributed by atoms with Gasteiger partial charge in [0, 0.05) is 30.3 Å². The van der Waals surface area contributed by atoms with Crippen molar-refractivity contribution in [1.82, 2.24) is 25.1 Å². The van der Waals surface area contributed by atoms with Gasteiger partial charge in [0.1, 0.15) is 18.7 Å². The van der Waals surface area contributed by atoms with Gasteiger partial charge in [-0.3, -0.25) is 4.79 Å². The Morgan fingerprint density at radius 1 is 1.10 bits per heavy atom.